The first-order chi connectivity index (χ1) is 15.0. The van der Waals surface area contributed by atoms with Crippen LogP contribution in [0.5, 0.6) is 0 Å². The van der Waals surface area contributed by atoms with Gasteiger partial charge in [-0.15, -0.1) is 0 Å². The molecule has 0 radical (unpaired) electrons. The second kappa shape index (κ2) is 9.24. The van der Waals surface area contributed by atoms with Crippen LogP contribution in [-0.4, -0.2) is 49.0 Å². The smallest absolute Gasteiger partial charge is 0.263 e. The number of anilines is 4. The van der Waals surface area contributed by atoms with Crippen LogP contribution in [0.15, 0.2) is 65.6 Å². The average molecular weight is 438 g/mol. The van der Waals surface area contributed by atoms with Gasteiger partial charge in [-0.05, 0) is 49.5 Å². The molecule has 0 atom stereocenters. The fraction of sp³-hybridized carbons (Fsp3) is 0.217. The van der Waals surface area contributed by atoms with Crippen LogP contribution in [0.25, 0.3) is 0 Å². The standard InChI is InChI=1S/C23H24ClN5O2/c1-28-12-14-29(15-13-28)17-8-6-16(7-9-17)26-23(31)21-20(10-11-25-22(21)30)27-19-5-3-2-4-18(19)24/h2-11H,12-15H2,1H3,(H,26,31)(H2,25,27,30). The molecule has 8 heteroatoms. The maximum Gasteiger partial charge on any atom is 0.263 e. The summed E-state index contributed by atoms with van der Waals surface area (Å²) in [5, 5.41) is 6.39. The van der Waals surface area contributed by atoms with Crippen LogP contribution in [-0.2, 0) is 0 Å². The Kier molecular flexibility index (Phi) is 6.25. The number of hydrogen-bond acceptors (Lipinski definition) is 5. The molecule has 0 bridgehead atoms. The second-order valence-corrected chi connectivity index (χ2v) is 7.90. The number of aromatic amines is 1. The summed E-state index contributed by atoms with van der Waals surface area (Å²) in [7, 11) is 2.12. The normalized spacial score (nSPS) is 14.3. The Morgan fingerprint density at radius 1 is 0.968 bits per heavy atom. The Bertz CT molecular complexity index is 1120. The molecule has 3 N–H and O–H groups in total. The molecule has 0 unspecified atom stereocenters. The van der Waals surface area contributed by atoms with Crippen molar-refractivity contribution in [3.05, 3.63) is 81.7 Å². The molecule has 160 valence electrons. The van der Waals surface area contributed by atoms with E-state index in [9.17, 15) is 9.59 Å². The minimum absolute atomic E-state index is 0.00874. The molecule has 1 saturated heterocycles. The van der Waals surface area contributed by atoms with Crippen molar-refractivity contribution in [2.75, 3.05) is 48.8 Å². The van der Waals surface area contributed by atoms with Gasteiger partial charge in [0.05, 0.1) is 16.4 Å². The van der Waals surface area contributed by atoms with Gasteiger partial charge in [0, 0.05) is 43.8 Å². The molecular weight excluding hydrogens is 414 g/mol. The van der Waals surface area contributed by atoms with E-state index in [-0.39, 0.29) is 5.56 Å². The van der Waals surface area contributed by atoms with E-state index in [4.69, 9.17) is 11.6 Å². The SMILES string of the molecule is CN1CCN(c2ccc(NC(=O)c3c(Nc4ccccc4Cl)cc[nH]c3=O)cc2)CC1. The summed E-state index contributed by atoms with van der Waals surface area (Å²) in [4.78, 5) is 32.6. The molecule has 0 saturated carbocycles. The molecule has 31 heavy (non-hydrogen) atoms. The number of carbonyl (C=O) groups excluding carboxylic acids is 1. The van der Waals surface area contributed by atoms with Gasteiger partial charge >= 0.3 is 0 Å². The van der Waals surface area contributed by atoms with Crippen LogP contribution in [0, 0.1) is 0 Å². The number of rotatable bonds is 5. The van der Waals surface area contributed by atoms with Gasteiger partial charge in [-0.2, -0.15) is 0 Å². The third-order valence-corrected chi connectivity index (χ3v) is 5.65. The summed E-state index contributed by atoms with van der Waals surface area (Å²) in [6.45, 7) is 3.99. The molecule has 1 aliphatic heterocycles. The molecule has 1 amide bonds. The van der Waals surface area contributed by atoms with Gasteiger partial charge in [0.25, 0.3) is 11.5 Å². The van der Waals surface area contributed by atoms with Gasteiger partial charge in [0.1, 0.15) is 5.56 Å². The zero-order chi connectivity index (χ0) is 21.8. The summed E-state index contributed by atoms with van der Waals surface area (Å²) in [5.74, 6) is -0.497. The van der Waals surface area contributed by atoms with Gasteiger partial charge in [-0.25, -0.2) is 0 Å². The van der Waals surface area contributed by atoms with E-state index in [1.807, 2.05) is 36.4 Å². The minimum atomic E-state index is -0.497. The first-order valence-electron chi connectivity index (χ1n) is 10.1. The highest BCUT2D eigenvalue weighted by Gasteiger charge is 2.18. The zero-order valence-electron chi connectivity index (χ0n) is 17.2. The van der Waals surface area contributed by atoms with Crippen molar-refractivity contribution in [1.29, 1.82) is 0 Å². The summed E-state index contributed by atoms with van der Waals surface area (Å²) in [5.41, 5.74) is 2.23. The summed E-state index contributed by atoms with van der Waals surface area (Å²) >= 11 is 6.21. The molecule has 0 aliphatic carbocycles. The predicted molar refractivity (Wildman–Crippen MR) is 126 cm³/mol. The van der Waals surface area contributed by atoms with Crippen molar-refractivity contribution in [3.8, 4) is 0 Å². The Morgan fingerprint density at radius 3 is 2.39 bits per heavy atom. The monoisotopic (exact) mass is 437 g/mol. The van der Waals surface area contributed by atoms with Crippen LogP contribution >= 0.6 is 11.6 Å². The van der Waals surface area contributed by atoms with E-state index < -0.39 is 11.5 Å². The maximum atomic E-state index is 12.9. The number of H-pyrrole nitrogens is 1. The number of hydrogen-bond donors (Lipinski definition) is 3. The summed E-state index contributed by atoms with van der Waals surface area (Å²) in [6.07, 6.45) is 1.49. The third-order valence-electron chi connectivity index (χ3n) is 5.32. The van der Waals surface area contributed by atoms with E-state index in [0.29, 0.717) is 22.1 Å². The Morgan fingerprint density at radius 2 is 1.68 bits per heavy atom. The molecule has 0 spiro atoms. The number of likely N-dealkylation sites (N-methyl/N-ethyl adjacent to an activating group) is 1. The van der Waals surface area contributed by atoms with Crippen molar-refractivity contribution in [3.63, 3.8) is 0 Å². The minimum Gasteiger partial charge on any atom is -0.369 e. The lowest BCUT2D eigenvalue weighted by molar-refractivity contribution is 0.102. The lowest BCUT2D eigenvalue weighted by Crippen LogP contribution is -2.44. The van der Waals surface area contributed by atoms with Crippen LogP contribution in [0.3, 0.4) is 0 Å². The van der Waals surface area contributed by atoms with Crippen LogP contribution in [0.1, 0.15) is 10.4 Å². The van der Waals surface area contributed by atoms with Gasteiger partial charge in [0.2, 0.25) is 0 Å². The Balaban J connectivity index is 1.51. The molecule has 2 aromatic carbocycles. The maximum absolute atomic E-state index is 12.9. The lowest BCUT2D eigenvalue weighted by atomic mass is 10.2. The van der Waals surface area contributed by atoms with Crippen molar-refractivity contribution in [2.24, 2.45) is 0 Å². The number of nitrogens with one attached hydrogen (secondary N) is 3. The van der Waals surface area contributed by atoms with Gasteiger partial charge in [-0.3, -0.25) is 9.59 Å². The fourth-order valence-electron chi connectivity index (χ4n) is 3.53. The van der Waals surface area contributed by atoms with Crippen LogP contribution in [0.4, 0.5) is 22.7 Å². The highest BCUT2D eigenvalue weighted by atomic mass is 35.5. The Hall–Kier alpha value is -3.29. The lowest BCUT2D eigenvalue weighted by Gasteiger charge is -2.34. The molecule has 1 aliphatic rings. The third kappa shape index (κ3) is 4.90. The van der Waals surface area contributed by atoms with Crippen molar-refractivity contribution >= 4 is 40.3 Å². The molecule has 4 rings (SSSR count). The van der Waals surface area contributed by atoms with E-state index in [1.54, 1.807) is 18.2 Å². The van der Waals surface area contributed by atoms with Gasteiger partial charge < -0.3 is 25.4 Å². The number of nitrogens with zero attached hydrogens (tertiary/aromatic N) is 2. The van der Waals surface area contributed by atoms with E-state index in [2.05, 4.69) is 32.5 Å². The highest BCUT2D eigenvalue weighted by Crippen LogP contribution is 2.26. The highest BCUT2D eigenvalue weighted by molar-refractivity contribution is 6.33. The second-order valence-electron chi connectivity index (χ2n) is 7.49. The number of piperazine rings is 1. The fourth-order valence-corrected chi connectivity index (χ4v) is 3.71. The van der Waals surface area contributed by atoms with Gasteiger partial charge in [-0.1, -0.05) is 23.7 Å². The first-order valence-corrected chi connectivity index (χ1v) is 10.5. The average Bonchev–Trinajstić information content (AvgIpc) is 2.76. The topological polar surface area (TPSA) is 80.5 Å². The van der Waals surface area contributed by atoms with E-state index in [1.165, 1.54) is 6.20 Å². The number of benzene rings is 2. The van der Waals surface area contributed by atoms with Crippen molar-refractivity contribution in [2.45, 2.75) is 0 Å². The number of amides is 1. The molecule has 1 fully saturated rings. The molecule has 1 aromatic heterocycles. The van der Waals surface area contributed by atoms with Crippen molar-refractivity contribution in [1.82, 2.24) is 9.88 Å². The molecule has 7 nitrogen and oxygen atoms in total. The molecular formula is C23H24ClN5O2. The Labute approximate surface area is 185 Å². The largest absolute Gasteiger partial charge is 0.369 e. The van der Waals surface area contributed by atoms with Gasteiger partial charge in [0.15, 0.2) is 0 Å². The van der Waals surface area contributed by atoms with Crippen molar-refractivity contribution < 1.29 is 4.79 Å². The molecule has 2 heterocycles. The number of pyridine rings is 1. The van der Waals surface area contributed by atoms with E-state index in [0.717, 1.165) is 31.9 Å². The van der Waals surface area contributed by atoms with E-state index >= 15 is 0 Å². The summed E-state index contributed by atoms with van der Waals surface area (Å²) in [6, 6.07) is 16.5. The first kappa shape index (κ1) is 21.0. The number of halogens is 1. The number of aromatic nitrogens is 1. The van der Waals surface area contributed by atoms with Crippen LogP contribution in [0.2, 0.25) is 5.02 Å². The zero-order valence-corrected chi connectivity index (χ0v) is 17.9. The quantitative estimate of drug-likeness (QED) is 0.566. The molecule has 3 aromatic rings. The predicted octanol–water partition coefficient (Wildman–Crippen LogP) is 3.78. The number of para-hydroxylation sites is 1. The van der Waals surface area contributed by atoms with Crippen LogP contribution < -0.4 is 21.1 Å². The summed E-state index contributed by atoms with van der Waals surface area (Å²) < 4.78 is 0. The number of carbonyl (C=O) groups is 1.